The summed E-state index contributed by atoms with van der Waals surface area (Å²) in [6, 6.07) is 3.24. The molecule has 12 heavy (non-hydrogen) atoms. The van der Waals surface area contributed by atoms with Crippen molar-refractivity contribution in [1.29, 1.82) is 0 Å². The number of carbonyl (C=O) groups excluding carboxylic acids is 1. The Morgan fingerprint density at radius 1 is 1.42 bits per heavy atom. The Labute approximate surface area is 94.2 Å². The zero-order chi connectivity index (χ0) is 9.30. The maximum atomic E-state index is 11.0. The van der Waals surface area contributed by atoms with Crippen molar-refractivity contribution >= 4 is 51.6 Å². The molecule has 0 unspecified atom stereocenters. The zero-order valence-corrected chi connectivity index (χ0v) is 9.87. The van der Waals surface area contributed by atoms with Crippen LogP contribution in [0.3, 0.4) is 0 Å². The lowest BCUT2D eigenvalue weighted by molar-refractivity contribution is 0.101. The molecule has 0 saturated heterocycles. The standard InChI is InChI=1S/C8H5Cl2IO/c1-4(12)6-2-5(9)3-7(10)8(6)11/h2-3H,1H3. The molecule has 0 spiro atoms. The van der Waals surface area contributed by atoms with Gasteiger partial charge >= 0.3 is 0 Å². The van der Waals surface area contributed by atoms with Gasteiger partial charge in [0.1, 0.15) is 0 Å². The van der Waals surface area contributed by atoms with Gasteiger partial charge in [0, 0.05) is 14.2 Å². The fourth-order valence-electron chi connectivity index (χ4n) is 0.812. The number of Topliss-reactive ketones (excluding diaryl/α,β-unsaturated/α-hetero) is 1. The lowest BCUT2D eigenvalue weighted by Gasteiger charge is -2.02. The summed E-state index contributed by atoms with van der Waals surface area (Å²) < 4.78 is 0.756. The van der Waals surface area contributed by atoms with Crippen molar-refractivity contribution in [2.75, 3.05) is 0 Å². The Bertz CT molecular complexity index is 336. The van der Waals surface area contributed by atoms with Crippen LogP contribution in [0.4, 0.5) is 0 Å². The molecule has 0 aliphatic rings. The molecule has 0 saturated carbocycles. The fraction of sp³-hybridized carbons (Fsp3) is 0.125. The van der Waals surface area contributed by atoms with Gasteiger partial charge in [0.2, 0.25) is 0 Å². The van der Waals surface area contributed by atoms with Crippen LogP contribution < -0.4 is 0 Å². The number of hydrogen-bond acceptors (Lipinski definition) is 1. The summed E-state index contributed by atoms with van der Waals surface area (Å²) in [5.41, 5.74) is 0.577. The van der Waals surface area contributed by atoms with E-state index in [-0.39, 0.29) is 5.78 Å². The van der Waals surface area contributed by atoms with Crippen molar-refractivity contribution in [1.82, 2.24) is 0 Å². The number of ketones is 1. The van der Waals surface area contributed by atoms with Crippen LogP contribution >= 0.6 is 45.8 Å². The Morgan fingerprint density at radius 3 is 2.50 bits per heavy atom. The first-order valence-electron chi connectivity index (χ1n) is 3.18. The highest BCUT2D eigenvalue weighted by molar-refractivity contribution is 14.1. The predicted molar refractivity (Wildman–Crippen MR) is 59.2 cm³/mol. The molecule has 1 aromatic rings. The highest BCUT2D eigenvalue weighted by atomic mass is 127. The second kappa shape index (κ2) is 3.94. The van der Waals surface area contributed by atoms with Gasteiger partial charge < -0.3 is 0 Å². The van der Waals surface area contributed by atoms with E-state index in [0.29, 0.717) is 15.6 Å². The summed E-state index contributed by atoms with van der Waals surface area (Å²) in [7, 11) is 0. The lowest BCUT2D eigenvalue weighted by Crippen LogP contribution is -1.96. The lowest BCUT2D eigenvalue weighted by atomic mass is 10.1. The SMILES string of the molecule is CC(=O)c1cc(Cl)cc(Cl)c1I. The Kier molecular flexibility index (Phi) is 3.37. The number of hydrogen-bond donors (Lipinski definition) is 0. The van der Waals surface area contributed by atoms with E-state index in [4.69, 9.17) is 23.2 Å². The van der Waals surface area contributed by atoms with Gasteiger partial charge in [-0.2, -0.15) is 0 Å². The van der Waals surface area contributed by atoms with Crippen molar-refractivity contribution in [3.8, 4) is 0 Å². The van der Waals surface area contributed by atoms with E-state index >= 15 is 0 Å². The number of halogens is 3. The summed E-state index contributed by atoms with van der Waals surface area (Å²) >= 11 is 13.6. The quantitative estimate of drug-likeness (QED) is 0.438. The molecule has 1 rings (SSSR count). The Morgan fingerprint density at radius 2 is 2.00 bits per heavy atom. The molecule has 0 bridgehead atoms. The molecule has 1 aromatic carbocycles. The second-order valence-electron chi connectivity index (χ2n) is 2.31. The molecule has 0 fully saturated rings. The molecule has 0 aliphatic heterocycles. The van der Waals surface area contributed by atoms with Crippen molar-refractivity contribution in [2.45, 2.75) is 6.92 Å². The summed E-state index contributed by atoms with van der Waals surface area (Å²) in [6.07, 6.45) is 0. The van der Waals surface area contributed by atoms with E-state index in [1.807, 2.05) is 22.6 Å². The van der Waals surface area contributed by atoms with Crippen LogP contribution in [0.1, 0.15) is 17.3 Å². The Balaban J connectivity index is 3.37. The molecule has 0 aromatic heterocycles. The molecule has 4 heteroatoms. The molecule has 0 amide bonds. The minimum absolute atomic E-state index is 0.0243. The summed E-state index contributed by atoms with van der Waals surface area (Å²) in [6.45, 7) is 1.49. The molecule has 0 N–H and O–H groups in total. The molecular formula is C8H5Cl2IO. The molecule has 0 heterocycles. The molecule has 0 aliphatic carbocycles. The first kappa shape index (κ1) is 10.3. The van der Waals surface area contributed by atoms with Gasteiger partial charge in [-0.1, -0.05) is 23.2 Å². The first-order chi connectivity index (χ1) is 5.52. The topological polar surface area (TPSA) is 17.1 Å². The monoisotopic (exact) mass is 314 g/mol. The average molecular weight is 315 g/mol. The number of benzene rings is 1. The van der Waals surface area contributed by atoms with Crippen LogP contribution in [-0.4, -0.2) is 5.78 Å². The van der Waals surface area contributed by atoms with Crippen LogP contribution in [0.15, 0.2) is 12.1 Å². The summed E-state index contributed by atoms with van der Waals surface area (Å²) in [4.78, 5) is 11.0. The van der Waals surface area contributed by atoms with E-state index in [9.17, 15) is 4.79 Å². The average Bonchev–Trinajstić information content (AvgIpc) is 1.96. The van der Waals surface area contributed by atoms with Gasteiger partial charge in [0.25, 0.3) is 0 Å². The first-order valence-corrected chi connectivity index (χ1v) is 5.01. The largest absolute Gasteiger partial charge is 0.294 e. The minimum atomic E-state index is -0.0243. The molecule has 1 nitrogen and oxygen atoms in total. The highest BCUT2D eigenvalue weighted by Crippen LogP contribution is 2.26. The molecule has 64 valence electrons. The fourth-order valence-corrected chi connectivity index (χ4v) is 2.00. The van der Waals surface area contributed by atoms with E-state index in [1.165, 1.54) is 6.92 Å². The molecule has 0 atom stereocenters. The number of rotatable bonds is 1. The summed E-state index contributed by atoms with van der Waals surface area (Å²) in [5, 5.41) is 1.01. The van der Waals surface area contributed by atoms with E-state index in [0.717, 1.165) is 3.57 Å². The van der Waals surface area contributed by atoms with E-state index in [2.05, 4.69) is 0 Å². The predicted octanol–water partition coefficient (Wildman–Crippen LogP) is 3.80. The maximum absolute atomic E-state index is 11.0. The van der Waals surface area contributed by atoms with Crippen LogP contribution in [0.5, 0.6) is 0 Å². The van der Waals surface area contributed by atoms with Crippen molar-refractivity contribution in [3.63, 3.8) is 0 Å². The van der Waals surface area contributed by atoms with Crippen molar-refractivity contribution < 1.29 is 4.79 Å². The third-order valence-corrected chi connectivity index (χ3v) is 3.37. The van der Waals surface area contributed by atoms with Crippen molar-refractivity contribution in [2.24, 2.45) is 0 Å². The third kappa shape index (κ3) is 2.12. The van der Waals surface area contributed by atoms with Crippen LogP contribution in [0, 0.1) is 3.57 Å². The van der Waals surface area contributed by atoms with Gasteiger partial charge in [0.15, 0.2) is 5.78 Å². The normalized spacial score (nSPS) is 10.0. The van der Waals surface area contributed by atoms with Gasteiger partial charge in [-0.3, -0.25) is 4.79 Å². The smallest absolute Gasteiger partial charge is 0.160 e. The minimum Gasteiger partial charge on any atom is -0.294 e. The van der Waals surface area contributed by atoms with Crippen LogP contribution in [-0.2, 0) is 0 Å². The zero-order valence-electron chi connectivity index (χ0n) is 6.20. The van der Waals surface area contributed by atoms with Gasteiger partial charge in [0.05, 0.1) is 5.02 Å². The van der Waals surface area contributed by atoms with Gasteiger partial charge in [-0.25, -0.2) is 0 Å². The third-order valence-electron chi connectivity index (χ3n) is 1.37. The van der Waals surface area contributed by atoms with Crippen molar-refractivity contribution in [3.05, 3.63) is 31.3 Å². The highest BCUT2D eigenvalue weighted by Gasteiger charge is 2.09. The number of carbonyl (C=O) groups is 1. The van der Waals surface area contributed by atoms with Gasteiger partial charge in [-0.05, 0) is 41.6 Å². The second-order valence-corrected chi connectivity index (χ2v) is 4.23. The Hall–Kier alpha value is 0.200. The van der Waals surface area contributed by atoms with Gasteiger partial charge in [-0.15, -0.1) is 0 Å². The molecular weight excluding hydrogens is 310 g/mol. The van der Waals surface area contributed by atoms with E-state index < -0.39 is 0 Å². The summed E-state index contributed by atoms with van der Waals surface area (Å²) in [5.74, 6) is -0.0243. The maximum Gasteiger partial charge on any atom is 0.160 e. The van der Waals surface area contributed by atoms with Crippen LogP contribution in [0.2, 0.25) is 10.0 Å². The molecule has 0 radical (unpaired) electrons. The van der Waals surface area contributed by atoms with Crippen LogP contribution in [0.25, 0.3) is 0 Å². The van der Waals surface area contributed by atoms with E-state index in [1.54, 1.807) is 12.1 Å².